The standard InChI is InChI=1S/C23H38N4O3/c1-5-24-22(26-17-23(27(3)4)9-12-28-13-10-23)25-15-19-7-6-18(2)14-21(19)30-20-8-11-29-16-20/h6-7,14,20H,5,8-13,15-17H2,1-4H3,(H2,24,25,26). The summed E-state index contributed by atoms with van der Waals surface area (Å²) in [7, 11) is 4.31. The molecule has 3 rings (SSSR count). The molecular weight excluding hydrogens is 380 g/mol. The first kappa shape index (κ1) is 22.8. The van der Waals surface area contributed by atoms with E-state index in [2.05, 4.69) is 61.7 Å². The van der Waals surface area contributed by atoms with E-state index >= 15 is 0 Å². The number of benzene rings is 1. The maximum Gasteiger partial charge on any atom is 0.191 e. The van der Waals surface area contributed by atoms with Crippen LogP contribution in [0, 0.1) is 6.92 Å². The second-order valence-electron chi connectivity index (χ2n) is 8.49. The number of likely N-dealkylation sites (N-methyl/N-ethyl adjacent to an activating group) is 1. The lowest BCUT2D eigenvalue weighted by atomic mass is 9.88. The highest BCUT2D eigenvalue weighted by atomic mass is 16.5. The average molecular weight is 419 g/mol. The molecule has 1 aromatic rings. The number of hydrogen-bond donors (Lipinski definition) is 2. The molecule has 2 saturated heterocycles. The number of guanidine groups is 1. The Morgan fingerprint density at radius 3 is 2.67 bits per heavy atom. The minimum absolute atomic E-state index is 0.0923. The summed E-state index contributed by atoms with van der Waals surface area (Å²) in [6.45, 7) is 9.46. The number of hydrogen-bond acceptors (Lipinski definition) is 5. The van der Waals surface area contributed by atoms with Crippen LogP contribution in [-0.4, -0.2) is 76.1 Å². The molecule has 0 bridgehead atoms. The van der Waals surface area contributed by atoms with Gasteiger partial charge in [0.1, 0.15) is 11.9 Å². The van der Waals surface area contributed by atoms with Crippen LogP contribution in [0.15, 0.2) is 23.2 Å². The largest absolute Gasteiger partial charge is 0.488 e. The lowest BCUT2D eigenvalue weighted by Gasteiger charge is -2.43. The van der Waals surface area contributed by atoms with Crippen LogP contribution in [0.2, 0.25) is 0 Å². The molecular formula is C23H38N4O3. The summed E-state index contributed by atoms with van der Waals surface area (Å²) < 4.78 is 17.3. The van der Waals surface area contributed by atoms with Crippen molar-refractivity contribution in [1.29, 1.82) is 0 Å². The van der Waals surface area contributed by atoms with Crippen LogP contribution in [-0.2, 0) is 16.0 Å². The fourth-order valence-electron chi connectivity index (χ4n) is 3.98. The second kappa shape index (κ2) is 11.0. The summed E-state index contributed by atoms with van der Waals surface area (Å²) in [4.78, 5) is 7.18. The normalized spacial score (nSPS) is 21.6. The third-order valence-electron chi connectivity index (χ3n) is 6.11. The van der Waals surface area contributed by atoms with E-state index in [0.717, 1.165) is 69.4 Å². The average Bonchev–Trinajstić information content (AvgIpc) is 3.25. The highest BCUT2D eigenvalue weighted by Gasteiger charge is 2.34. The molecule has 30 heavy (non-hydrogen) atoms. The molecule has 1 aromatic carbocycles. The van der Waals surface area contributed by atoms with Crippen molar-refractivity contribution in [3.8, 4) is 5.75 Å². The van der Waals surface area contributed by atoms with Crippen LogP contribution >= 0.6 is 0 Å². The van der Waals surface area contributed by atoms with Gasteiger partial charge >= 0.3 is 0 Å². The van der Waals surface area contributed by atoms with Crippen LogP contribution < -0.4 is 15.4 Å². The lowest BCUT2D eigenvalue weighted by Crippen LogP contribution is -2.57. The van der Waals surface area contributed by atoms with E-state index in [4.69, 9.17) is 19.2 Å². The molecule has 1 unspecified atom stereocenters. The van der Waals surface area contributed by atoms with E-state index in [1.165, 1.54) is 5.56 Å². The van der Waals surface area contributed by atoms with E-state index in [1.54, 1.807) is 0 Å². The molecule has 0 aromatic heterocycles. The van der Waals surface area contributed by atoms with E-state index in [1.807, 2.05) is 0 Å². The fourth-order valence-corrected chi connectivity index (χ4v) is 3.98. The Hall–Kier alpha value is -1.83. The predicted octanol–water partition coefficient (Wildman–Crippen LogP) is 2.33. The van der Waals surface area contributed by atoms with Crippen LogP contribution in [0.4, 0.5) is 0 Å². The van der Waals surface area contributed by atoms with Crippen molar-refractivity contribution in [2.75, 3.05) is 53.6 Å². The Labute approximate surface area is 181 Å². The first-order valence-electron chi connectivity index (χ1n) is 11.1. The molecule has 168 valence electrons. The van der Waals surface area contributed by atoms with Crippen LogP contribution in [0.5, 0.6) is 5.75 Å². The van der Waals surface area contributed by atoms with Crippen molar-refractivity contribution in [1.82, 2.24) is 15.5 Å². The maximum atomic E-state index is 6.23. The Morgan fingerprint density at radius 1 is 1.20 bits per heavy atom. The second-order valence-corrected chi connectivity index (χ2v) is 8.49. The number of ether oxygens (including phenoxy) is 3. The minimum atomic E-state index is 0.0923. The molecule has 1 atom stereocenters. The number of nitrogens with zero attached hydrogens (tertiary/aromatic N) is 2. The van der Waals surface area contributed by atoms with Gasteiger partial charge in [-0.15, -0.1) is 0 Å². The highest BCUT2D eigenvalue weighted by molar-refractivity contribution is 5.79. The van der Waals surface area contributed by atoms with Crippen molar-refractivity contribution < 1.29 is 14.2 Å². The fraction of sp³-hybridized carbons (Fsp3) is 0.696. The summed E-state index contributed by atoms with van der Waals surface area (Å²) >= 11 is 0. The molecule has 0 aliphatic carbocycles. The zero-order valence-electron chi connectivity index (χ0n) is 19.0. The van der Waals surface area contributed by atoms with E-state index in [-0.39, 0.29) is 11.6 Å². The number of aliphatic imine (C=N–C) groups is 1. The van der Waals surface area contributed by atoms with Crippen LogP contribution in [0.3, 0.4) is 0 Å². The van der Waals surface area contributed by atoms with Crippen molar-refractivity contribution in [2.24, 2.45) is 4.99 Å². The number of rotatable bonds is 8. The van der Waals surface area contributed by atoms with Gasteiger partial charge in [0.2, 0.25) is 0 Å². The Morgan fingerprint density at radius 2 is 2.00 bits per heavy atom. The van der Waals surface area contributed by atoms with Crippen molar-refractivity contribution >= 4 is 5.96 Å². The van der Waals surface area contributed by atoms with Gasteiger partial charge in [-0.3, -0.25) is 0 Å². The molecule has 2 fully saturated rings. The third-order valence-corrected chi connectivity index (χ3v) is 6.11. The topological polar surface area (TPSA) is 67.4 Å². The lowest BCUT2D eigenvalue weighted by molar-refractivity contribution is -0.00501. The van der Waals surface area contributed by atoms with Crippen LogP contribution in [0.25, 0.3) is 0 Å². The van der Waals surface area contributed by atoms with Gasteiger partial charge in [0.15, 0.2) is 5.96 Å². The minimum Gasteiger partial charge on any atom is -0.488 e. The highest BCUT2D eigenvalue weighted by Crippen LogP contribution is 2.26. The molecule has 2 N–H and O–H groups in total. The molecule has 7 nitrogen and oxygen atoms in total. The van der Waals surface area contributed by atoms with Gasteiger partial charge < -0.3 is 29.7 Å². The predicted molar refractivity (Wildman–Crippen MR) is 120 cm³/mol. The van der Waals surface area contributed by atoms with Crippen molar-refractivity contribution in [2.45, 2.75) is 51.3 Å². The number of nitrogens with one attached hydrogen (secondary N) is 2. The first-order chi connectivity index (χ1) is 14.5. The van der Waals surface area contributed by atoms with Gasteiger partial charge in [-0.25, -0.2) is 4.99 Å². The molecule has 2 aliphatic heterocycles. The summed E-state index contributed by atoms with van der Waals surface area (Å²) in [5.74, 6) is 1.75. The van der Waals surface area contributed by atoms with E-state index < -0.39 is 0 Å². The zero-order valence-corrected chi connectivity index (χ0v) is 19.0. The first-order valence-corrected chi connectivity index (χ1v) is 11.1. The summed E-state index contributed by atoms with van der Waals surface area (Å²) in [5, 5.41) is 6.95. The zero-order chi connectivity index (χ0) is 21.4. The van der Waals surface area contributed by atoms with Gasteiger partial charge in [-0.1, -0.05) is 12.1 Å². The van der Waals surface area contributed by atoms with Gasteiger partial charge in [0.25, 0.3) is 0 Å². The van der Waals surface area contributed by atoms with Crippen LogP contribution in [0.1, 0.15) is 37.3 Å². The Balaban J connectivity index is 1.68. The monoisotopic (exact) mass is 418 g/mol. The third kappa shape index (κ3) is 6.09. The Bertz CT molecular complexity index is 696. The van der Waals surface area contributed by atoms with Crippen molar-refractivity contribution in [3.63, 3.8) is 0 Å². The van der Waals surface area contributed by atoms with Gasteiger partial charge in [-0.05, 0) is 52.4 Å². The summed E-state index contributed by atoms with van der Waals surface area (Å²) in [5.41, 5.74) is 2.38. The molecule has 0 saturated carbocycles. The molecule has 0 amide bonds. The molecule has 0 spiro atoms. The van der Waals surface area contributed by atoms with E-state index in [9.17, 15) is 0 Å². The summed E-state index contributed by atoms with van der Waals surface area (Å²) in [6, 6.07) is 6.34. The smallest absolute Gasteiger partial charge is 0.191 e. The summed E-state index contributed by atoms with van der Waals surface area (Å²) in [6.07, 6.45) is 3.11. The quantitative estimate of drug-likeness (QED) is 0.499. The van der Waals surface area contributed by atoms with Gasteiger partial charge in [-0.2, -0.15) is 0 Å². The number of aryl methyl sites for hydroxylation is 1. The van der Waals surface area contributed by atoms with Crippen molar-refractivity contribution in [3.05, 3.63) is 29.3 Å². The Kier molecular flexibility index (Phi) is 8.36. The molecule has 2 aliphatic rings. The van der Waals surface area contributed by atoms with Gasteiger partial charge in [0, 0.05) is 43.8 Å². The molecule has 0 radical (unpaired) electrons. The SMILES string of the molecule is CCNC(=NCc1ccc(C)cc1OC1CCOC1)NCC1(N(C)C)CCOCC1. The van der Waals surface area contributed by atoms with E-state index in [0.29, 0.717) is 13.2 Å². The molecule has 7 heteroatoms. The molecule has 2 heterocycles. The van der Waals surface area contributed by atoms with Gasteiger partial charge in [0.05, 0.1) is 19.8 Å². The maximum absolute atomic E-state index is 6.23.